The molecule has 5 rings (SSSR count). The average molecular weight is 412 g/mol. The largest absolute Gasteiger partial charge is 0.493 e. The number of para-hydroxylation sites is 3. The molecule has 5 nitrogen and oxygen atoms in total. The topological polar surface area (TPSA) is 49.2 Å². The first-order valence-electron chi connectivity index (χ1n) is 10.7. The molecule has 0 radical (unpaired) electrons. The predicted molar refractivity (Wildman–Crippen MR) is 124 cm³/mol. The summed E-state index contributed by atoms with van der Waals surface area (Å²) in [5.41, 5.74) is 2.93. The number of imidazole rings is 1. The molecule has 0 spiro atoms. The maximum atomic E-state index is 6.37. The lowest BCUT2D eigenvalue weighted by Gasteiger charge is -2.18. The van der Waals surface area contributed by atoms with Crippen LogP contribution in [0.2, 0.25) is 0 Å². The van der Waals surface area contributed by atoms with Gasteiger partial charge >= 0.3 is 0 Å². The van der Waals surface area contributed by atoms with Crippen LogP contribution in [0.15, 0.2) is 66.9 Å². The van der Waals surface area contributed by atoms with Crippen LogP contribution in [0.4, 0.5) is 0 Å². The molecule has 2 aromatic carbocycles. The second-order valence-electron chi connectivity index (χ2n) is 7.72. The van der Waals surface area contributed by atoms with E-state index in [-0.39, 0.29) is 6.10 Å². The zero-order valence-corrected chi connectivity index (χ0v) is 17.6. The SMILES string of the molecule is COc1cccc(/C=C/c2nc3ccccc3n2-c2ccccn2)c1OC1CCCC1. The fraction of sp³-hybridized carbons (Fsp3) is 0.231. The minimum Gasteiger partial charge on any atom is -0.493 e. The summed E-state index contributed by atoms with van der Waals surface area (Å²) < 4.78 is 14.0. The lowest BCUT2D eigenvalue weighted by Crippen LogP contribution is -2.12. The lowest BCUT2D eigenvalue weighted by molar-refractivity contribution is 0.200. The van der Waals surface area contributed by atoms with Gasteiger partial charge in [-0.1, -0.05) is 30.3 Å². The zero-order chi connectivity index (χ0) is 21.0. The van der Waals surface area contributed by atoms with Crippen LogP contribution in [-0.4, -0.2) is 27.7 Å². The van der Waals surface area contributed by atoms with Crippen LogP contribution in [0.25, 0.3) is 29.0 Å². The van der Waals surface area contributed by atoms with Crippen molar-refractivity contribution in [2.75, 3.05) is 7.11 Å². The molecule has 2 aromatic heterocycles. The molecule has 5 heteroatoms. The van der Waals surface area contributed by atoms with Crippen molar-refractivity contribution >= 4 is 23.2 Å². The first kappa shape index (κ1) is 19.4. The summed E-state index contributed by atoms with van der Waals surface area (Å²) in [6.07, 6.45) is 10.7. The minimum atomic E-state index is 0.251. The van der Waals surface area contributed by atoms with Gasteiger partial charge in [-0.3, -0.25) is 4.57 Å². The number of benzene rings is 2. The van der Waals surface area contributed by atoms with Gasteiger partial charge in [0, 0.05) is 11.8 Å². The summed E-state index contributed by atoms with van der Waals surface area (Å²) in [5.74, 6) is 3.21. The van der Waals surface area contributed by atoms with Gasteiger partial charge in [0.1, 0.15) is 11.6 Å². The Kier molecular flexibility index (Phi) is 5.40. The van der Waals surface area contributed by atoms with E-state index in [1.165, 1.54) is 12.8 Å². The van der Waals surface area contributed by atoms with Gasteiger partial charge in [-0.2, -0.15) is 0 Å². The lowest BCUT2D eigenvalue weighted by atomic mass is 10.1. The van der Waals surface area contributed by atoms with Gasteiger partial charge in [-0.15, -0.1) is 0 Å². The fourth-order valence-electron chi connectivity index (χ4n) is 4.17. The molecule has 0 bridgehead atoms. The molecule has 156 valence electrons. The Balaban J connectivity index is 1.57. The van der Waals surface area contributed by atoms with E-state index >= 15 is 0 Å². The number of ether oxygens (including phenoxy) is 2. The van der Waals surface area contributed by atoms with Gasteiger partial charge in [-0.05, 0) is 68.2 Å². The van der Waals surface area contributed by atoms with Gasteiger partial charge in [0.15, 0.2) is 11.5 Å². The Labute approximate surface area is 182 Å². The maximum Gasteiger partial charge on any atom is 0.168 e. The van der Waals surface area contributed by atoms with Crippen LogP contribution < -0.4 is 9.47 Å². The Morgan fingerprint density at radius 2 is 1.77 bits per heavy atom. The second-order valence-corrected chi connectivity index (χ2v) is 7.72. The highest BCUT2D eigenvalue weighted by atomic mass is 16.5. The molecule has 1 saturated carbocycles. The highest BCUT2D eigenvalue weighted by Gasteiger charge is 2.20. The molecule has 31 heavy (non-hydrogen) atoms. The molecule has 0 aliphatic heterocycles. The maximum absolute atomic E-state index is 6.37. The van der Waals surface area contributed by atoms with Crippen molar-refractivity contribution in [1.82, 2.24) is 14.5 Å². The molecule has 0 atom stereocenters. The van der Waals surface area contributed by atoms with E-state index in [0.717, 1.165) is 52.6 Å². The zero-order valence-electron chi connectivity index (χ0n) is 17.6. The third kappa shape index (κ3) is 3.91. The fourth-order valence-corrected chi connectivity index (χ4v) is 4.17. The van der Waals surface area contributed by atoms with Crippen molar-refractivity contribution in [1.29, 1.82) is 0 Å². The minimum absolute atomic E-state index is 0.251. The Morgan fingerprint density at radius 1 is 0.935 bits per heavy atom. The summed E-state index contributed by atoms with van der Waals surface area (Å²) in [4.78, 5) is 9.39. The molecule has 4 aromatic rings. The standard InChI is InChI=1S/C26H25N3O2/c1-30-23-14-8-9-19(26(23)31-20-10-2-3-11-20)16-17-25-28-21-12-4-5-13-22(21)29(25)24-15-6-7-18-27-24/h4-9,12-18,20H,2-3,10-11H2,1H3/b17-16+. The van der Waals surface area contributed by atoms with Crippen molar-refractivity contribution in [3.63, 3.8) is 0 Å². The molecular formula is C26H25N3O2. The highest BCUT2D eigenvalue weighted by Crippen LogP contribution is 2.36. The van der Waals surface area contributed by atoms with Gasteiger partial charge in [0.2, 0.25) is 0 Å². The van der Waals surface area contributed by atoms with E-state index in [1.807, 2.05) is 60.7 Å². The van der Waals surface area contributed by atoms with Crippen LogP contribution in [0, 0.1) is 0 Å². The Morgan fingerprint density at radius 3 is 2.58 bits per heavy atom. The van der Waals surface area contributed by atoms with E-state index in [2.05, 4.69) is 21.7 Å². The van der Waals surface area contributed by atoms with Crippen LogP contribution >= 0.6 is 0 Å². The van der Waals surface area contributed by atoms with Gasteiger partial charge in [0.05, 0.1) is 24.2 Å². The summed E-state index contributed by atoms with van der Waals surface area (Å²) in [6.45, 7) is 0. The number of nitrogens with zero attached hydrogens (tertiary/aromatic N) is 3. The summed E-state index contributed by atoms with van der Waals surface area (Å²) in [6, 6.07) is 20.0. The normalized spacial score (nSPS) is 14.5. The number of aromatic nitrogens is 3. The van der Waals surface area contributed by atoms with E-state index in [9.17, 15) is 0 Å². The molecule has 0 N–H and O–H groups in total. The molecule has 1 aliphatic carbocycles. The molecule has 2 heterocycles. The molecule has 0 saturated heterocycles. The van der Waals surface area contributed by atoms with E-state index < -0.39 is 0 Å². The van der Waals surface area contributed by atoms with Crippen LogP contribution in [0.3, 0.4) is 0 Å². The summed E-state index contributed by atoms with van der Waals surface area (Å²) in [7, 11) is 1.69. The average Bonchev–Trinajstić information content (AvgIpc) is 3.46. The monoisotopic (exact) mass is 411 g/mol. The van der Waals surface area contributed by atoms with E-state index in [0.29, 0.717) is 0 Å². The number of pyridine rings is 1. The van der Waals surface area contributed by atoms with Crippen molar-refractivity contribution in [2.24, 2.45) is 0 Å². The summed E-state index contributed by atoms with van der Waals surface area (Å²) >= 11 is 0. The molecule has 0 unspecified atom stereocenters. The quantitative estimate of drug-likeness (QED) is 0.395. The molecular weight excluding hydrogens is 386 g/mol. The first-order valence-corrected chi connectivity index (χ1v) is 10.7. The number of rotatable bonds is 6. The van der Waals surface area contributed by atoms with Crippen molar-refractivity contribution in [3.8, 4) is 17.3 Å². The molecule has 0 amide bonds. The van der Waals surface area contributed by atoms with Gasteiger partial charge in [0.25, 0.3) is 0 Å². The Hall–Kier alpha value is -3.60. The Bertz CT molecular complexity index is 1210. The predicted octanol–water partition coefficient (Wildman–Crippen LogP) is 5.92. The second kappa shape index (κ2) is 8.64. The van der Waals surface area contributed by atoms with Gasteiger partial charge < -0.3 is 9.47 Å². The molecule has 1 fully saturated rings. The van der Waals surface area contributed by atoms with Crippen LogP contribution in [-0.2, 0) is 0 Å². The molecule has 1 aliphatic rings. The van der Waals surface area contributed by atoms with E-state index in [4.69, 9.17) is 14.5 Å². The third-order valence-electron chi connectivity index (χ3n) is 5.69. The van der Waals surface area contributed by atoms with Gasteiger partial charge in [-0.25, -0.2) is 9.97 Å². The number of fused-ring (bicyclic) bond motifs is 1. The third-order valence-corrected chi connectivity index (χ3v) is 5.69. The number of methoxy groups -OCH3 is 1. The summed E-state index contributed by atoms with van der Waals surface area (Å²) in [5, 5.41) is 0. The van der Waals surface area contributed by atoms with E-state index in [1.54, 1.807) is 13.3 Å². The first-order chi connectivity index (χ1) is 15.3. The number of hydrogen-bond donors (Lipinski definition) is 0. The van der Waals surface area contributed by atoms with Crippen molar-refractivity contribution < 1.29 is 9.47 Å². The highest BCUT2D eigenvalue weighted by molar-refractivity contribution is 5.82. The van der Waals surface area contributed by atoms with Crippen molar-refractivity contribution in [2.45, 2.75) is 31.8 Å². The van der Waals surface area contributed by atoms with Crippen LogP contribution in [0.1, 0.15) is 37.1 Å². The van der Waals surface area contributed by atoms with Crippen molar-refractivity contribution in [3.05, 3.63) is 78.2 Å². The van der Waals surface area contributed by atoms with Crippen LogP contribution in [0.5, 0.6) is 11.5 Å². The number of hydrogen-bond acceptors (Lipinski definition) is 4. The smallest absolute Gasteiger partial charge is 0.168 e.